The summed E-state index contributed by atoms with van der Waals surface area (Å²) in [6.07, 6.45) is 0. The molecule has 0 unspecified atom stereocenters. The van der Waals surface area contributed by atoms with Crippen LogP contribution < -0.4 is 10.6 Å². The fourth-order valence-corrected chi connectivity index (χ4v) is 3.63. The zero-order chi connectivity index (χ0) is 20.6. The van der Waals surface area contributed by atoms with E-state index in [-0.39, 0.29) is 17.6 Å². The summed E-state index contributed by atoms with van der Waals surface area (Å²) >= 11 is 4.64. The van der Waals surface area contributed by atoms with Crippen molar-refractivity contribution in [2.24, 2.45) is 0 Å². The van der Waals surface area contributed by atoms with E-state index in [1.807, 2.05) is 30.3 Å². The molecular formula is C22H16BrN3O2S. The standard InChI is InChI=1S/C22H16BrN3O2S/c23-16-8-10-17(11-9-16)26-22(28)19-6-1-2-7-20(19)29-14-21(27)25-18-5-3-4-15(12-18)13-24/h1-12H,14H2,(H,25,27)(H,26,28). The number of hydrogen-bond acceptors (Lipinski definition) is 4. The van der Waals surface area contributed by atoms with Gasteiger partial charge in [0.05, 0.1) is 22.9 Å². The number of thioether (sulfide) groups is 1. The maximum absolute atomic E-state index is 12.7. The Morgan fingerprint density at radius 2 is 1.69 bits per heavy atom. The highest BCUT2D eigenvalue weighted by Crippen LogP contribution is 2.24. The molecule has 0 saturated carbocycles. The van der Waals surface area contributed by atoms with E-state index < -0.39 is 0 Å². The summed E-state index contributed by atoms with van der Waals surface area (Å²) in [6, 6.07) is 23.2. The predicted octanol–water partition coefficient (Wildman–Crippen LogP) is 5.30. The van der Waals surface area contributed by atoms with Gasteiger partial charge in [-0.05, 0) is 54.6 Å². The minimum atomic E-state index is -0.238. The maximum Gasteiger partial charge on any atom is 0.256 e. The Balaban J connectivity index is 1.64. The first-order valence-corrected chi connectivity index (χ1v) is 10.4. The van der Waals surface area contributed by atoms with Gasteiger partial charge < -0.3 is 10.6 Å². The molecule has 29 heavy (non-hydrogen) atoms. The van der Waals surface area contributed by atoms with Crippen molar-refractivity contribution in [2.45, 2.75) is 4.90 Å². The number of carbonyl (C=O) groups excluding carboxylic acids is 2. The van der Waals surface area contributed by atoms with Gasteiger partial charge in [-0.1, -0.05) is 34.1 Å². The third-order valence-electron chi connectivity index (χ3n) is 3.87. The molecule has 0 aliphatic heterocycles. The molecule has 3 aromatic rings. The monoisotopic (exact) mass is 465 g/mol. The number of rotatable bonds is 6. The van der Waals surface area contributed by atoms with Crippen molar-refractivity contribution in [3.05, 3.63) is 88.4 Å². The second-order valence-corrected chi connectivity index (χ2v) is 7.92. The molecule has 0 saturated heterocycles. The molecule has 0 atom stereocenters. The van der Waals surface area contributed by atoms with Gasteiger partial charge in [0.1, 0.15) is 0 Å². The first-order chi connectivity index (χ1) is 14.0. The molecule has 0 radical (unpaired) electrons. The van der Waals surface area contributed by atoms with Gasteiger partial charge in [-0.2, -0.15) is 5.26 Å². The van der Waals surface area contributed by atoms with Gasteiger partial charge in [0.25, 0.3) is 5.91 Å². The molecule has 2 N–H and O–H groups in total. The lowest BCUT2D eigenvalue weighted by Gasteiger charge is -2.10. The fraction of sp³-hybridized carbons (Fsp3) is 0.0455. The first-order valence-electron chi connectivity index (χ1n) is 8.64. The van der Waals surface area contributed by atoms with Crippen LogP contribution in [0.15, 0.2) is 82.2 Å². The smallest absolute Gasteiger partial charge is 0.256 e. The number of nitriles is 1. The van der Waals surface area contributed by atoms with Crippen LogP contribution in [0.4, 0.5) is 11.4 Å². The molecule has 0 aliphatic rings. The van der Waals surface area contributed by atoms with Gasteiger partial charge in [-0.25, -0.2) is 0 Å². The molecule has 0 bridgehead atoms. The maximum atomic E-state index is 12.7. The normalized spacial score (nSPS) is 10.1. The second-order valence-electron chi connectivity index (χ2n) is 5.99. The second kappa shape index (κ2) is 9.92. The third-order valence-corrected chi connectivity index (χ3v) is 5.47. The Morgan fingerprint density at radius 3 is 2.45 bits per heavy atom. The number of carbonyl (C=O) groups is 2. The predicted molar refractivity (Wildman–Crippen MR) is 119 cm³/mol. The Hall–Kier alpha value is -3.08. The molecule has 5 nitrogen and oxygen atoms in total. The molecule has 0 spiro atoms. The van der Waals surface area contributed by atoms with Crippen molar-refractivity contribution in [3.8, 4) is 6.07 Å². The highest BCUT2D eigenvalue weighted by molar-refractivity contribution is 9.10. The van der Waals surface area contributed by atoms with Crippen LogP contribution in [0.3, 0.4) is 0 Å². The number of nitrogens with one attached hydrogen (secondary N) is 2. The van der Waals surface area contributed by atoms with Crippen LogP contribution in [0.2, 0.25) is 0 Å². The highest BCUT2D eigenvalue weighted by Gasteiger charge is 2.13. The summed E-state index contributed by atoms with van der Waals surface area (Å²) in [5, 5.41) is 14.6. The molecular weight excluding hydrogens is 450 g/mol. The minimum absolute atomic E-state index is 0.138. The van der Waals surface area contributed by atoms with Crippen molar-refractivity contribution in [1.29, 1.82) is 5.26 Å². The van der Waals surface area contributed by atoms with E-state index in [2.05, 4.69) is 26.6 Å². The van der Waals surface area contributed by atoms with Crippen LogP contribution in [0.1, 0.15) is 15.9 Å². The largest absolute Gasteiger partial charge is 0.325 e. The van der Waals surface area contributed by atoms with Crippen LogP contribution in [0.5, 0.6) is 0 Å². The SMILES string of the molecule is N#Cc1cccc(NC(=O)CSc2ccccc2C(=O)Nc2ccc(Br)cc2)c1. The lowest BCUT2D eigenvalue weighted by atomic mass is 10.2. The number of nitrogens with zero attached hydrogens (tertiary/aromatic N) is 1. The number of halogens is 1. The van der Waals surface area contributed by atoms with Crippen LogP contribution in [0, 0.1) is 11.3 Å². The molecule has 144 valence electrons. The molecule has 0 fully saturated rings. The first kappa shape index (κ1) is 20.6. The number of amides is 2. The molecule has 3 aromatic carbocycles. The average Bonchev–Trinajstić information content (AvgIpc) is 2.74. The van der Waals surface area contributed by atoms with Gasteiger partial charge in [-0.3, -0.25) is 9.59 Å². The topological polar surface area (TPSA) is 82.0 Å². The summed E-state index contributed by atoms with van der Waals surface area (Å²) in [7, 11) is 0. The lowest BCUT2D eigenvalue weighted by molar-refractivity contribution is -0.113. The van der Waals surface area contributed by atoms with E-state index >= 15 is 0 Å². The van der Waals surface area contributed by atoms with Crippen LogP contribution in [-0.2, 0) is 4.79 Å². The van der Waals surface area contributed by atoms with E-state index in [1.54, 1.807) is 48.5 Å². The number of benzene rings is 3. The zero-order valence-electron chi connectivity index (χ0n) is 15.2. The molecule has 7 heteroatoms. The summed E-state index contributed by atoms with van der Waals surface area (Å²) in [4.78, 5) is 25.6. The van der Waals surface area contributed by atoms with Crippen molar-refractivity contribution in [1.82, 2.24) is 0 Å². The summed E-state index contributed by atoms with van der Waals surface area (Å²) in [5.41, 5.74) is 2.23. The van der Waals surface area contributed by atoms with Crippen molar-refractivity contribution in [2.75, 3.05) is 16.4 Å². The number of anilines is 2. The minimum Gasteiger partial charge on any atom is -0.325 e. The molecule has 3 rings (SSSR count). The Morgan fingerprint density at radius 1 is 0.931 bits per heavy atom. The Labute approximate surface area is 181 Å². The summed E-state index contributed by atoms with van der Waals surface area (Å²) in [6.45, 7) is 0. The molecule has 0 aliphatic carbocycles. The van der Waals surface area contributed by atoms with Crippen LogP contribution in [0.25, 0.3) is 0 Å². The van der Waals surface area contributed by atoms with E-state index in [9.17, 15) is 9.59 Å². The summed E-state index contributed by atoms with van der Waals surface area (Å²) in [5.74, 6) is -0.315. The van der Waals surface area contributed by atoms with Gasteiger partial charge in [-0.15, -0.1) is 11.8 Å². The third kappa shape index (κ3) is 5.95. The van der Waals surface area contributed by atoms with Gasteiger partial charge in [0, 0.05) is 20.7 Å². The van der Waals surface area contributed by atoms with Crippen molar-refractivity contribution in [3.63, 3.8) is 0 Å². The Bertz CT molecular complexity index is 1080. The van der Waals surface area contributed by atoms with Gasteiger partial charge in [0.15, 0.2) is 0 Å². The lowest BCUT2D eigenvalue weighted by Crippen LogP contribution is -2.16. The quantitative estimate of drug-likeness (QED) is 0.483. The van der Waals surface area contributed by atoms with E-state index in [0.29, 0.717) is 27.4 Å². The highest BCUT2D eigenvalue weighted by atomic mass is 79.9. The average molecular weight is 466 g/mol. The van der Waals surface area contributed by atoms with Crippen molar-refractivity contribution >= 4 is 50.9 Å². The van der Waals surface area contributed by atoms with Gasteiger partial charge >= 0.3 is 0 Å². The zero-order valence-corrected chi connectivity index (χ0v) is 17.6. The molecule has 0 aromatic heterocycles. The van der Waals surface area contributed by atoms with Crippen LogP contribution in [-0.4, -0.2) is 17.6 Å². The molecule has 2 amide bonds. The van der Waals surface area contributed by atoms with Crippen molar-refractivity contribution < 1.29 is 9.59 Å². The fourth-order valence-electron chi connectivity index (χ4n) is 2.52. The Kier molecular flexibility index (Phi) is 7.06. The van der Waals surface area contributed by atoms with E-state index in [1.165, 1.54) is 11.8 Å². The van der Waals surface area contributed by atoms with Gasteiger partial charge in [0.2, 0.25) is 5.91 Å². The van der Waals surface area contributed by atoms with E-state index in [4.69, 9.17) is 5.26 Å². The number of hydrogen-bond donors (Lipinski definition) is 2. The van der Waals surface area contributed by atoms with E-state index in [0.717, 1.165) is 4.47 Å². The summed E-state index contributed by atoms with van der Waals surface area (Å²) < 4.78 is 0.928. The molecule has 0 heterocycles. The van der Waals surface area contributed by atoms with Crippen LogP contribution >= 0.6 is 27.7 Å².